The molecule has 0 bridgehead atoms. The van der Waals surface area contributed by atoms with Crippen LogP contribution < -0.4 is 15.5 Å². The molecule has 4 heterocycles. The Kier molecular flexibility index (Phi) is 3.68. The van der Waals surface area contributed by atoms with Gasteiger partial charge in [0.15, 0.2) is 11.6 Å². The van der Waals surface area contributed by atoms with Gasteiger partial charge in [-0.25, -0.2) is 9.37 Å². The number of hydrogen-bond donors (Lipinski definition) is 3. The standard InChI is InChI=1S/C18H19FN8/c1-26-10-11-6-12(7-14(19)16(11)25-26)22-18-17-15(23-24-18)8-13(9-21-17)27-4-2-20-3-5-27/h6-10,20H,2-5H2,1H3,(H2,22,23,24). The highest BCUT2D eigenvalue weighted by Crippen LogP contribution is 2.28. The SMILES string of the molecule is Cn1cc2cc(Nc3n[nH]c4cc(N5CCNCC5)cnc34)cc(F)c2n1. The van der Waals surface area contributed by atoms with E-state index in [1.54, 1.807) is 17.9 Å². The summed E-state index contributed by atoms with van der Waals surface area (Å²) in [5, 5.41) is 18.7. The van der Waals surface area contributed by atoms with Crippen LogP contribution in [0.3, 0.4) is 0 Å². The fraction of sp³-hybridized carbons (Fsp3) is 0.278. The summed E-state index contributed by atoms with van der Waals surface area (Å²) >= 11 is 0. The number of nitrogens with zero attached hydrogens (tertiary/aromatic N) is 5. The number of aromatic nitrogens is 5. The van der Waals surface area contributed by atoms with Gasteiger partial charge >= 0.3 is 0 Å². The molecule has 4 aromatic rings. The van der Waals surface area contributed by atoms with Crippen LogP contribution in [0, 0.1) is 5.82 Å². The van der Waals surface area contributed by atoms with E-state index in [1.807, 2.05) is 12.3 Å². The first-order valence-corrected chi connectivity index (χ1v) is 8.87. The number of rotatable bonds is 3. The van der Waals surface area contributed by atoms with E-state index in [4.69, 9.17) is 0 Å². The molecule has 3 N–H and O–H groups in total. The normalized spacial score (nSPS) is 15.0. The number of H-pyrrole nitrogens is 1. The molecule has 1 aliphatic heterocycles. The number of benzene rings is 1. The molecule has 1 aliphatic rings. The van der Waals surface area contributed by atoms with Crippen LogP contribution in [-0.4, -0.2) is 51.1 Å². The third-order valence-corrected chi connectivity index (χ3v) is 4.81. The maximum absolute atomic E-state index is 14.3. The van der Waals surface area contributed by atoms with Crippen molar-refractivity contribution in [3.8, 4) is 0 Å². The van der Waals surface area contributed by atoms with Crippen molar-refractivity contribution in [3.05, 3.63) is 36.4 Å². The van der Waals surface area contributed by atoms with Crippen LogP contribution in [-0.2, 0) is 7.05 Å². The van der Waals surface area contributed by atoms with Crippen molar-refractivity contribution < 1.29 is 4.39 Å². The molecular weight excluding hydrogens is 347 g/mol. The average molecular weight is 366 g/mol. The molecule has 0 saturated carbocycles. The van der Waals surface area contributed by atoms with Crippen LogP contribution in [0.4, 0.5) is 21.6 Å². The number of nitrogens with one attached hydrogen (secondary N) is 3. The van der Waals surface area contributed by atoms with E-state index in [9.17, 15) is 4.39 Å². The molecule has 3 aromatic heterocycles. The average Bonchev–Trinajstić information content (AvgIpc) is 3.25. The molecule has 0 spiro atoms. The molecule has 0 unspecified atom stereocenters. The van der Waals surface area contributed by atoms with Gasteiger partial charge in [0.2, 0.25) is 0 Å². The second kappa shape index (κ2) is 6.20. The lowest BCUT2D eigenvalue weighted by Crippen LogP contribution is -2.43. The van der Waals surface area contributed by atoms with Crippen molar-refractivity contribution in [2.75, 3.05) is 36.4 Å². The number of pyridine rings is 1. The Morgan fingerprint density at radius 1 is 1.15 bits per heavy atom. The molecule has 0 aliphatic carbocycles. The second-order valence-corrected chi connectivity index (χ2v) is 6.72. The Morgan fingerprint density at radius 2 is 2.00 bits per heavy atom. The quantitative estimate of drug-likeness (QED) is 0.515. The molecule has 0 amide bonds. The number of piperazine rings is 1. The maximum atomic E-state index is 14.3. The van der Waals surface area contributed by atoms with E-state index >= 15 is 0 Å². The topological polar surface area (TPSA) is 86.7 Å². The third-order valence-electron chi connectivity index (χ3n) is 4.81. The van der Waals surface area contributed by atoms with E-state index in [-0.39, 0.29) is 5.82 Å². The summed E-state index contributed by atoms with van der Waals surface area (Å²) in [5.41, 5.74) is 3.60. The van der Waals surface area contributed by atoms with Gasteiger partial charge in [-0.05, 0) is 18.2 Å². The van der Waals surface area contributed by atoms with Gasteiger partial charge in [-0.1, -0.05) is 0 Å². The second-order valence-electron chi connectivity index (χ2n) is 6.72. The lowest BCUT2D eigenvalue weighted by Gasteiger charge is -2.29. The highest BCUT2D eigenvalue weighted by Gasteiger charge is 2.15. The van der Waals surface area contributed by atoms with Crippen LogP contribution in [0.25, 0.3) is 21.9 Å². The number of aromatic amines is 1. The third kappa shape index (κ3) is 2.85. The lowest BCUT2D eigenvalue weighted by molar-refractivity contribution is 0.589. The van der Waals surface area contributed by atoms with E-state index in [1.165, 1.54) is 6.07 Å². The first-order valence-electron chi connectivity index (χ1n) is 8.87. The van der Waals surface area contributed by atoms with Crippen molar-refractivity contribution in [1.29, 1.82) is 0 Å². The van der Waals surface area contributed by atoms with Crippen LogP contribution in [0.15, 0.2) is 30.6 Å². The summed E-state index contributed by atoms with van der Waals surface area (Å²) in [5.74, 6) is 0.198. The van der Waals surface area contributed by atoms with Crippen LogP contribution in [0.2, 0.25) is 0 Å². The van der Waals surface area contributed by atoms with Gasteiger partial charge in [0, 0.05) is 50.5 Å². The fourth-order valence-electron chi connectivity index (χ4n) is 3.50. The molecule has 1 saturated heterocycles. The van der Waals surface area contributed by atoms with Gasteiger partial charge in [0.05, 0.1) is 17.4 Å². The van der Waals surface area contributed by atoms with E-state index in [0.717, 1.165) is 48.3 Å². The molecule has 9 heteroatoms. The molecule has 1 fully saturated rings. The first-order chi connectivity index (χ1) is 13.2. The number of aryl methyl sites for hydroxylation is 1. The molecule has 0 radical (unpaired) electrons. The smallest absolute Gasteiger partial charge is 0.178 e. The lowest BCUT2D eigenvalue weighted by atomic mass is 10.2. The van der Waals surface area contributed by atoms with Crippen molar-refractivity contribution in [2.45, 2.75) is 0 Å². The van der Waals surface area contributed by atoms with E-state index in [0.29, 0.717) is 17.0 Å². The minimum absolute atomic E-state index is 0.355. The van der Waals surface area contributed by atoms with Crippen molar-refractivity contribution in [2.24, 2.45) is 7.05 Å². The molecule has 1 aromatic carbocycles. The molecule has 138 valence electrons. The minimum Gasteiger partial charge on any atom is -0.368 e. The monoisotopic (exact) mass is 366 g/mol. The van der Waals surface area contributed by atoms with Gasteiger partial charge in [0.25, 0.3) is 0 Å². The summed E-state index contributed by atoms with van der Waals surface area (Å²) in [7, 11) is 1.77. The van der Waals surface area contributed by atoms with Crippen LogP contribution in [0.1, 0.15) is 0 Å². The predicted octanol–water partition coefficient (Wildman–Crippen LogP) is 2.14. The predicted molar refractivity (Wildman–Crippen MR) is 103 cm³/mol. The van der Waals surface area contributed by atoms with Crippen molar-refractivity contribution in [1.82, 2.24) is 30.3 Å². The zero-order valence-electron chi connectivity index (χ0n) is 14.8. The summed E-state index contributed by atoms with van der Waals surface area (Å²) in [6.07, 6.45) is 3.64. The summed E-state index contributed by atoms with van der Waals surface area (Å²) < 4.78 is 15.9. The molecular formula is C18H19FN8. The fourth-order valence-corrected chi connectivity index (χ4v) is 3.50. The Balaban J connectivity index is 1.46. The number of anilines is 3. The van der Waals surface area contributed by atoms with Crippen molar-refractivity contribution >= 4 is 39.1 Å². The Hall–Kier alpha value is -3.20. The number of fused-ring (bicyclic) bond motifs is 2. The molecule has 8 nitrogen and oxygen atoms in total. The van der Waals surface area contributed by atoms with Gasteiger partial charge in [-0.2, -0.15) is 10.2 Å². The Bertz CT molecular complexity index is 1130. The van der Waals surface area contributed by atoms with Crippen molar-refractivity contribution in [3.63, 3.8) is 0 Å². The van der Waals surface area contributed by atoms with Crippen LogP contribution in [0.5, 0.6) is 0 Å². The molecule has 0 atom stereocenters. The Morgan fingerprint density at radius 3 is 2.85 bits per heavy atom. The van der Waals surface area contributed by atoms with E-state index in [2.05, 4.69) is 41.9 Å². The maximum Gasteiger partial charge on any atom is 0.178 e. The molecule has 5 rings (SSSR count). The largest absolute Gasteiger partial charge is 0.368 e. The van der Waals surface area contributed by atoms with Gasteiger partial charge < -0.3 is 15.5 Å². The number of hydrogen-bond acceptors (Lipinski definition) is 6. The number of halogens is 1. The summed E-state index contributed by atoms with van der Waals surface area (Å²) in [6, 6.07) is 5.32. The van der Waals surface area contributed by atoms with Crippen LogP contribution >= 0.6 is 0 Å². The Labute approximate surface area is 154 Å². The zero-order valence-corrected chi connectivity index (χ0v) is 14.8. The van der Waals surface area contributed by atoms with Gasteiger partial charge in [0.1, 0.15) is 11.0 Å². The highest BCUT2D eigenvalue weighted by molar-refractivity contribution is 5.91. The van der Waals surface area contributed by atoms with E-state index < -0.39 is 0 Å². The molecule has 27 heavy (non-hydrogen) atoms. The summed E-state index contributed by atoms with van der Waals surface area (Å²) in [4.78, 5) is 6.87. The first kappa shape index (κ1) is 16.0. The van der Waals surface area contributed by atoms with Gasteiger partial charge in [-0.3, -0.25) is 9.78 Å². The zero-order chi connectivity index (χ0) is 18.4. The minimum atomic E-state index is -0.371. The highest BCUT2D eigenvalue weighted by atomic mass is 19.1. The van der Waals surface area contributed by atoms with Gasteiger partial charge in [-0.15, -0.1) is 0 Å². The summed E-state index contributed by atoms with van der Waals surface area (Å²) in [6.45, 7) is 3.85.